The minimum atomic E-state index is -0.307. The first-order chi connectivity index (χ1) is 16.8. The highest BCUT2D eigenvalue weighted by Gasteiger charge is 1.96. The summed E-state index contributed by atoms with van der Waals surface area (Å²) in [6, 6.07) is 0. The summed E-state index contributed by atoms with van der Waals surface area (Å²) in [5, 5.41) is 0. The van der Waals surface area contributed by atoms with E-state index in [4.69, 9.17) is 47.4 Å². The van der Waals surface area contributed by atoms with Gasteiger partial charge in [0.1, 0.15) is 6.61 Å². The van der Waals surface area contributed by atoms with Crippen LogP contribution in [0.25, 0.3) is 0 Å². The van der Waals surface area contributed by atoms with Crippen LogP contribution in [0.4, 0.5) is 0 Å². The minimum Gasteiger partial charge on any atom is -0.463 e. The molecule has 0 aliphatic carbocycles. The highest BCUT2D eigenvalue weighted by Crippen LogP contribution is 1.87. The maximum absolute atomic E-state index is 10.6. The Morgan fingerprint density at radius 1 is 0.412 bits per heavy atom. The molecule has 34 heavy (non-hydrogen) atoms. The third kappa shape index (κ3) is 31.8. The van der Waals surface area contributed by atoms with Crippen LogP contribution >= 0.6 is 22.6 Å². The average Bonchev–Trinajstić information content (AvgIpc) is 2.83. The minimum absolute atomic E-state index is 0.264. The Kier molecular flexibility index (Phi) is 30.7. The molecule has 11 nitrogen and oxygen atoms in total. The number of alkyl halides is 1. The van der Waals surface area contributed by atoms with Crippen LogP contribution in [0.15, 0.2) is 0 Å². The summed E-state index contributed by atoms with van der Waals surface area (Å²) in [7, 11) is 0. The molecule has 0 atom stereocenters. The number of halogens is 1. The van der Waals surface area contributed by atoms with Crippen LogP contribution in [-0.4, -0.2) is 136 Å². The molecule has 0 aliphatic rings. The second-order valence-electron chi connectivity index (χ2n) is 6.54. The Morgan fingerprint density at radius 2 is 0.618 bits per heavy atom. The van der Waals surface area contributed by atoms with Crippen LogP contribution in [-0.2, 0) is 52.2 Å². The Morgan fingerprint density at radius 3 is 0.824 bits per heavy atom. The lowest BCUT2D eigenvalue weighted by atomic mass is 10.6. The molecule has 12 heteroatoms. The van der Waals surface area contributed by atoms with E-state index < -0.39 is 0 Å². The van der Waals surface area contributed by atoms with Crippen molar-refractivity contribution in [3.63, 3.8) is 0 Å². The normalized spacial score (nSPS) is 11.2. The lowest BCUT2D eigenvalue weighted by Crippen LogP contribution is -2.15. The van der Waals surface area contributed by atoms with Gasteiger partial charge in [0.15, 0.2) is 0 Å². The van der Waals surface area contributed by atoms with Gasteiger partial charge >= 0.3 is 5.97 Å². The van der Waals surface area contributed by atoms with E-state index in [1.807, 2.05) is 0 Å². The largest absolute Gasteiger partial charge is 0.463 e. The summed E-state index contributed by atoms with van der Waals surface area (Å²) in [6.45, 7) is 11.1. The molecule has 0 rings (SSSR count). The first-order valence-corrected chi connectivity index (χ1v) is 13.2. The molecule has 0 heterocycles. The zero-order valence-corrected chi connectivity index (χ0v) is 22.7. The summed E-state index contributed by atoms with van der Waals surface area (Å²) >= 11 is 2.27. The number of carbonyl (C=O) groups is 1. The average molecular weight is 610 g/mol. The fraction of sp³-hybridized carbons (Fsp3) is 0.955. The second kappa shape index (κ2) is 30.9. The molecule has 0 saturated carbocycles. The van der Waals surface area contributed by atoms with Crippen LogP contribution in [0.1, 0.15) is 6.92 Å². The molecule has 0 saturated heterocycles. The maximum atomic E-state index is 10.6. The topological polar surface area (TPSA) is 109 Å². The van der Waals surface area contributed by atoms with Crippen molar-refractivity contribution in [1.82, 2.24) is 0 Å². The summed E-state index contributed by atoms with van der Waals surface area (Å²) in [6.07, 6.45) is 0. The SMILES string of the molecule is CC(=O)OCCOCCOCCOCCOCCOCCOCCOCCOCCOCCI. The van der Waals surface area contributed by atoms with Gasteiger partial charge in [-0.2, -0.15) is 0 Å². The van der Waals surface area contributed by atoms with Crippen molar-refractivity contribution in [3.8, 4) is 0 Å². The van der Waals surface area contributed by atoms with Crippen molar-refractivity contribution in [1.29, 1.82) is 0 Å². The predicted molar refractivity (Wildman–Crippen MR) is 133 cm³/mol. The van der Waals surface area contributed by atoms with Crippen LogP contribution in [0.5, 0.6) is 0 Å². The molecule has 0 fully saturated rings. The standard InChI is InChI=1S/C22H43IO11/c1-22(24)34-21-20-33-19-18-32-17-16-31-15-14-30-13-12-29-11-10-28-9-8-27-7-6-26-5-4-25-3-2-23/h2-21H2,1H3. The van der Waals surface area contributed by atoms with Crippen molar-refractivity contribution < 1.29 is 52.2 Å². The first kappa shape index (κ1) is 33.8. The second-order valence-corrected chi connectivity index (χ2v) is 7.62. The van der Waals surface area contributed by atoms with Crippen molar-refractivity contribution in [2.24, 2.45) is 0 Å². The fourth-order valence-electron chi connectivity index (χ4n) is 2.16. The van der Waals surface area contributed by atoms with Gasteiger partial charge in [0.25, 0.3) is 0 Å². The maximum Gasteiger partial charge on any atom is 0.302 e. The number of ether oxygens (including phenoxy) is 10. The zero-order chi connectivity index (χ0) is 24.8. The van der Waals surface area contributed by atoms with E-state index in [-0.39, 0.29) is 12.6 Å². The summed E-state index contributed by atoms with van der Waals surface area (Å²) in [5.41, 5.74) is 0. The number of hydrogen-bond acceptors (Lipinski definition) is 11. The van der Waals surface area contributed by atoms with Crippen LogP contribution in [0.3, 0.4) is 0 Å². The van der Waals surface area contributed by atoms with Crippen molar-refractivity contribution in [2.75, 3.05) is 130 Å². The van der Waals surface area contributed by atoms with Crippen LogP contribution in [0, 0.1) is 0 Å². The molecule has 0 aromatic heterocycles. The van der Waals surface area contributed by atoms with Crippen molar-refractivity contribution in [3.05, 3.63) is 0 Å². The molecule has 0 spiro atoms. The molecular formula is C22H43IO11. The molecule has 0 aliphatic heterocycles. The van der Waals surface area contributed by atoms with E-state index >= 15 is 0 Å². The Balaban J connectivity index is 3.01. The highest BCUT2D eigenvalue weighted by molar-refractivity contribution is 14.1. The van der Waals surface area contributed by atoms with Crippen LogP contribution < -0.4 is 0 Å². The van der Waals surface area contributed by atoms with Crippen molar-refractivity contribution >= 4 is 28.6 Å². The number of hydrogen-bond donors (Lipinski definition) is 0. The van der Waals surface area contributed by atoms with Gasteiger partial charge in [-0.3, -0.25) is 4.79 Å². The van der Waals surface area contributed by atoms with Gasteiger partial charge in [0.2, 0.25) is 0 Å². The Labute approximate surface area is 217 Å². The fourth-order valence-corrected chi connectivity index (χ4v) is 2.47. The van der Waals surface area contributed by atoms with Gasteiger partial charge in [-0.15, -0.1) is 0 Å². The third-order valence-corrected chi connectivity index (χ3v) is 4.17. The molecule has 0 bridgehead atoms. The molecule has 0 amide bonds. The summed E-state index contributed by atoms with van der Waals surface area (Å²) in [4.78, 5) is 10.6. The monoisotopic (exact) mass is 610 g/mol. The number of esters is 1. The van der Waals surface area contributed by atoms with Gasteiger partial charge in [-0.25, -0.2) is 0 Å². The molecule has 0 aromatic carbocycles. The van der Waals surface area contributed by atoms with E-state index in [0.717, 1.165) is 11.0 Å². The molecule has 0 radical (unpaired) electrons. The van der Waals surface area contributed by atoms with Gasteiger partial charge in [-0.05, 0) is 0 Å². The lowest BCUT2D eigenvalue weighted by Gasteiger charge is -2.09. The van der Waals surface area contributed by atoms with Gasteiger partial charge in [0.05, 0.1) is 119 Å². The van der Waals surface area contributed by atoms with E-state index in [0.29, 0.717) is 112 Å². The van der Waals surface area contributed by atoms with Gasteiger partial charge in [0, 0.05) is 11.4 Å². The lowest BCUT2D eigenvalue weighted by molar-refractivity contribution is -0.142. The molecule has 204 valence electrons. The molecule has 0 aromatic rings. The van der Waals surface area contributed by atoms with Gasteiger partial charge in [-0.1, -0.05) is 22.6 Å². The smallest absolute Gasteiger partial charge is 0.302 e. The van der Waals surface area contributed by atoms with Crippen LogP contribution in [0.2, 0.25) is 0 Å². The van der Waals surface area contributed by atoms with Crippen molar-refractivity contribution in [2.45, 2.75) is 6.92 Å². The Hall–Kier alpha value is -0.160. The highest BCUT2D eigenvalue weighted by atomic mass is 127. The third-order valence-electron chi connectivity index (χ3n) is 3.73. The number of rotatable bonds is 29. The van der Waals surface area contributed by atoms with E-state index in [1.165, 1.54) is 6.92 Å². The Bertz CT molecular complexity index is 405. The van der Waals surface area contributed by atoms with Gasteiger partial charge < -0.3 is 47.4 Å². The molecule has 0 unspecified atom stereocenters. The van der Waals surface area contributed by atoms with E-state index in [1.54, 1.807) is 0 Å². The molecular weight excluding hydrogens is 567 g/mol. The molecule has 0 N–H and O–H groups in total. The quantitative estimate of drug-likeness (QED) is 0.0527. The summed E-state index contributed by atoms with van der Waals surface area (Å²) in [5.74, 6) is -0.307. The summed E-state index contributed by atoms with van der Waals surface area (Å²) < 4.78 is 54.1. The zero-order valence-electron chi connectivity index (χ0n) is 20.5. The first-order valence-electron chi connectivity index (χ1n) is 11.7. The predicted octanol–water partition coefficient (Wildman–Crippen LogP) is 1.13. The van der Waals surface area contributed by atoms with E-state index in [9.17, 15) is 4.79 Å². The van der Waals surface area contributed by atoms with E-state index in [2.05, 4.69) is 22.6 Å². The number of carbonyl (C=O) groups excluding carboxylic acids is 1.